The minimum atomic E-state index is -0.296. The Balaban J connectivity index is 2.37. The fourth-order valence-electron chi connectivity index (χ4n) is 1.63. The minimum absolute atomic E-state index is 0.296. The van der Waals surface area contributed by atoms with Crippen LogP contribution in [0.5, 0.6) is 0 Å². The predicted molar refractivity (Wildman–Crippen MR) is 77.8 cm³/mol. The van der Waals surface area contributed by atoms with Gasteiger partial charge in [-0.2, -0.15) is 0 Å². The van der Waals surface area contributed by atoms with Crippen molar-refractivity contribution in [1.29, 1.82) is 0 Å². The molecule has 0 spiro atoms. The molecule has 100 valence electrons. The van der Waals surface area contributed by atoms with Crippen LogP contribution in [0.15, 0.2) is 29.4 Å². The summed E-state index contributed by atoms with van der Waals surface area (Å²) in [6.07, 6.45) is 1.90. The van der Waals surface area contributed by atoms with Crippen molar-refractivity contribution in [3.8, 4) is 0 Å². The number of hydrogen-bond donors (Lipinski definition) is 2. The molecule has 0 aliphatic heterocycles. The number of rotatable bonds is 4. The van der Waals surface area contributed by atoms with Crippen LogP contribution in [0, 0.1) is 12.7 Å². The van der Waals surface area contributed by atoms with Gasteiger partial charge in [-0.05, 0) is 24.8 Å². The summed E-state index contributed by atoms with van der Waals surface area (Å²) in [5.41, 5.74) is 1.27. The average molecular weight is 278 g/mol. The molecule has 0 saturated heterocycles. The Morgan fingerprint density at radius 1 is 1.21 bits per heavy atom. The summed E-state index contributed by atoms with van der Waals surface area (Å²) < 4.78 is 13.8. The molecule has 2 N–H and O–H groups in total. The zero-order chi connectivity index (χ0) is 13.8. The van der Waals surface area contributed by atoms with Gasteiger partial charge in [0.25, 0.3) is 0 Å². The molecule has 0 radical (unpaired) electrons. The standard InChI is InChI=1S/C13H15FN4S/c1-8-5-4-6-9(14)12(8)16-11-7-10(15-2)17-13(18-11)19-3/h4-7H,1-3H3,(H2,15,16,17,18). The molecule has 19 heavy (non-hydrogen) atoms. The van der Waals surface area contributed by atoms with Crippen LogP contribution >= 0.6 is 11.8 Å². The van der Waals surface area contributed by atoms with E-state index in [1.807, 2.05) is 19.2 Å². The Labute approximate surface area is 115 Å². The Hall–Kier alpha value is -1.82. The van der Waals surface area contributed by atoms with Crippen molar-refractivity contribution in [3.05, 3.63) is 35.6 Å². The quantitative estimate of drug-likeness (QED) is 0.663. The maximum atomic E-state index is 13.8. The summed E-state index contributed by atoms with van der Waals surface area (Å²) in [6.45, 7) is 1.85. The molecule has 1 aromatic carbocycles. The molecule has 0 amide bonds. The van der Waals surface area contributed by atoms with Crippen LogP contribution in [0.25, 0.3) is 0 Å². The first-order valence-corrected chi connectivity index (χ1v) is 6.99. The number of nitrogens with zero attached hydrogens (tertiary/aromatic N) is 2. The summed E-state index contributed by atoms with van der Waals surface area (Å²) >= 11 is 1.44. The molecule has 1 aromatic heterocycles. The number of halogens is 1. The van der Waals surface area contributed by atoms with E-state index in [0.717, 1.165) is 5.56 Å². The maximum Gasteiger partial charge on any atom is 0.191 e. The summed E-state index contributed by atoms with van der Waals surface area (Å²) in [6, 6.07) is 6.69. The number of nitrogens with one attached hydrogen (secondary N) is 2. The zero-order valence-corrected chi connectivity index (χ0v) is 11.8. The first kappa shape index (κ1) is 13.6. The number of aromatic nitrogens is 2. The van der Waals surface area contributed by atoms with Crippen molar-refractivity contribution < 1.29 is 4.39 Å². The summed E-state index contributed by atoms with van der Waals surface area (Å²) in [5.74, 6) is 0.961. The third-order valence-electron chi connectivity index (χ3n) is 2.62. The number of anilines is 3. The zero-order valence-electron chi connectivity index (χ0n) is 11.0. The highest BCUT2D eigenvalue weighted by Gasteiger charge is 2.08. The summed E-state index contributed by atoms with van der Waals surface area (Å²) in [4.78, 5) is 8.58. The van der Waals surface area contributed by atoms with E-state index in [9.17, 15) is 4.39 Å². The molecule has 4 nitrogen and oxygen atoms in total. The molecule has 0 unspecified atom stereocenters. The van der Waals surface area contributed by atoms with Crippen LogP contribution in [-0.2, 0) is 0 Å². The van der Waals surface area contributed by atoms with Gasteiger partial charge in [0.2, 0.25) is 0 Å². The third-order valence-corrected chi connectivity index (χ3v) is 3.17. The van der Waals surface area contributed by atoms with Crippen molar-refractivity contribution in [2.45, 2.75) is 12.1 Å². The lowest BCUT2D eigenvalue weighted by Crippen LogP contribution is -2.02. The summed E-state index contributed by atoms with van der Waals surface area (Å²) in [7, 11) is 1.78. The maximum absolute atomic E-state index is 13.8. The molecule has 2 rings (SSSR count). The number of benzene rings is 1. The van der Waals surface area contributed by atoms with Gasteiger partial charge < -0.3 is 10.6 Å². The number of para-hydroxylation sites is 1. The van der Waals surface area contributed by atoms with Crippen LogP contribution in [0.1, 0.15) is 5.56 Å². The van der Waals surface area contributed by atoms with Gasteiger partial charge in [0.05, 0.1) is 5.69 Å². The SMILES string of the molecule is CNc1cc(Nc2c(C)cccc2F)nc(SC)n1. The van der Waals surface area contributed by atoms with E-state index in [2.05, 4.69) is 20.6 Å². The molecule has 0 atom stereocenters. The van der Waals surface area contributed by atoms with E-state index >= 15 is 0 Å². The van der Waals surface area contributed by atoms with Crippen LogP contribution in [0.2, 0.25) is 0 Å². The minimum Gasteiger partial charge on any atom is -0.373 e. The monoisotopic (exact) mass is 278 g/mol. The van der Waals surface area contributed by atoms with E-state index in [0.29, 0.717) is 22.5 Å². The lowest BCUT2D eigenvalue weighted by molar-refractivity contribution is 0.630. The van der Waals surface area contributed by atoms with Gasteiger partial charge in [-0.15, -0.1) is 0 Å². The smallest absolute Gasteiger partial charge is 0.191 e. The third kappa shape index (κ3) is 3.14. The molecule has 0 aliphatic rings. The van der Waals surface area contributed by atoms with Gasteiger partial charge in [0.1, 0.15) is 17.5 Å². The Bertz CT molecular complexity index is 546. The molecule has 2 aromatic rings. The predicted octanol–water partition coefficient (Wildman–Crippen LogP) is 3.43. The van der Waals surface area contributed by atoms with Gasteiger partial charge in [0.15, 0.2) is 5.16 Å². The molecular formula is C13H15FN4S. The van der Waals surface area contributed by atoms with Crippen LogP contribution in [0.3, 0.4) is 0 Å². The van der Waals surface area contributed by atoms with E-state index in [-0.39, 0.29) is 5.82 Å². The fraction of sp³-hybridized carbons (Fsp3) is 0.231. The van der Waals surface area contributed by atoms with Gasteiger partial charge >= 0.3 is 0 Å². The van der Waals surface area contributed by atoms with E-state index in [4.69, 9.17) is 0 Å². The lowest BCUT2D eigenvalue weighted by atomic mass is 10.2. The van der Waals surface area contributed by atoms with E-state index in [1.165, 1.54) is 17.8 Å². The largest absolute Gasteiger partial charge is 0.373 e. The highest BCUT2D eigenvalue weighted by molar-refractivity contribution is 7.98. The number of thioether (sulfide) groups is 1. The van der Waals surface area contributed by atoms with Crippen molar-refractivity contribution >= 4 is 29.1 Å². The Morgan fingerprint density at radius 2 is 1.95 bits per heavy atom. The van der Waals surface area contributed by atoms with Crippen LogP contribution in [0.4, 0.5) is 21.7 Å². The second kappa shape index (κ2) is 5.88. The van der Waals surface area contributed by atoms with Crippen molar-refractivity contribution in [2.24, 2.45) is 0 Å². The van der Waals surface area contributed by atoms with E-state index in [1.54, 1.807) is 19.2 Å². The van der Waals surface area contributed by atoms with Gasteiger partial charge in [0, 0.05) is 13.1 Å². The molecule has 0 saturated carbocycles. The van der Waals surface area contributed by atoms with Crippen molar-refractivity contribution in [2.75, 3.05) is 23.9 Å². The van der Waals surface area contributed by atoms with Crippen molar-refractivity contribution in [1.82, 2.24) is 9.97 Å². The first-order chi connectivity index (χ1) is 9.13. The van der Waals surface area contributed by atoms with Crippen molar-refractivity contribution in [3.63, 3.8) is 0 Å². The molecule has 0 fully saturated rings. The first-order valence-electron chi connectivity index (χ1n) is 5.77. The Kier molecular flexibility index (Phi) is 4.21. The highest BCUT2D eigenvalue weighted by atomic mass is 32.2. The molecule has 1 heterocycles. The second-order valence-electron chi connectivity index (χ2n) is 3.93. The lowest BCUT2D eigenvalue weighted by Gasteiger charge is -2.11. The molecule has 0 aliphatic carbocycles. The Morgan fingerprint density at radius 3 is 2.58 bits per heavy atom. The molecule has 0 bridgehead atoms. The molecular weight excluding hydrogens is 263 g/mol. The van der Waals surface area contributed by atoms with Gasteiger partial charge in [-0.1, -0.05) is 23.9 Å². The van der Waals surface area contributed by atoms with Crippen LogP contribution in [-0.4, -0.2) is 23.3 Å². The average Bonchev–Trinajstić information content (AvgIpc) is 2.42. The second-order valence-corrected chi connectivity index (χ2v) is 4.71. The summed E-state index contributed by atoms with van der Waals surface area (Å²) in [5, 5.41) is 6.60. The van der Waals surface area contributed by atoms with Gasteiger partial charge in [-0.25, -0.2) is 14.4 Å². The van der Waals surface area contributed by atoms with Crippen LogP contribution < -0.4 is 10.6 Å². The number of aryl methyl sites for hydroxylation is 1. The topological polar surface area (TPSA) is 49.8 Å². The molecule has 6 heteroatoms. The normalized spacial score (nSPS) is 10.3. The highest BCUT2D eigenvalue weighted by Crippen LogP contribution is 2.25. The number of hydrogen-bond acceptors (Lipinski definition) is 5. The van der Waals surface area contributed by atoms with Gasteiger partial charge in [-0.3, -0.25) is 0 Å². The van der Waals surface area contributed by atoms with E-state index < -0.39 is 0 Å². The fourth-order valence-corrected chi connectivity index (χ4v) is 2.01.